The second-order valence-electron chi connectivity index (χ2n) is 5.80. The summed E-state index contributed by atoms with van der Waals surface area (Å²) >= 11 is 11.8. The number of likely N-dealkylation sites (N-methyl/N-ethyl adjacent to an activating group) is 1. The maximum absolute atomic E-state index is 12.6. The molecule has 0 fully saturated rings. The number of carbonyl (C=O) groups is 1. The lowest BCUT2D eigenvalue weighted by atomic mass is 10.2. The van der Waals surface area contributed by atoms with Gasteiger partial charge in [0.25, 0.3) is 0 Å². The number of halogens is 2. The molecule has 152 valence electrons. The summed E-state index contributed by atoms with van der Waals surface area (Å²) in [6.07, 6.45) is 0. The molecule has 0 aliphatic rings. The van der Waals surface area contributed by atoms with Crippen molar-refractivity contribution in [1.82, 2.24) is 9.62 Å². The van der Waals surface area contributed by atoms with Crippen LogP contribution in [-0.4, -0.2) is 40.6 Å². The number of sulfonamides is 2. The molecule has 12 heteroatoms. The van der Waals surface area contributed by atoms with Gasteiger partial charge in [0.1, 0.15) is 4.90 Å². The fourth-order valence-electron chi connectivity index (χ4n) is 2.18. The van der Waals surface area contributed by atoms with Gasteiger partial charge in [-0.1, -0.05) is 35.3 Å². The van der Waals surface area contributed by atoms with Gasteiger partial charge >= 0.3 is 0 Å². The third kappa shape index (κ3) is 5.66. The van der Waals surface area contributed by atoms with E-state index in [9.17, 15) is 21.6 Å². The van der Waals surface area contributed by atoms with E-state index in [0.717, 1.165) is 4.31 Å². The van der Waals surface area contributed by atoms with Gasteiger partial charge in [0.05, 0.1) is 16.5 Å². The Morgan fingerprint density at radius 3 is 2.25 bits per heavy atom. The summed E-state index contributed by atoms with van der Waals surface area (Å²) in [6.45, 7) is -0.365. The van der Waals surface area contributed by atoms with Gasteiger partial charge < -0.3 is 5.32 Å². The molecule has 0 radical (unpaired) electrons. The minimum Gasteiger partial charge on any atom is -0.351 e. The molecule has 2 rings (SSSR count). The average Bonchev–Trinajstić information content (AvgIpc) is 2.61. The Labute approximate surface area is 173 Å². The van der Waals surface area contributed by atoms with E-state index in [4.69, 9.17) is 28.3 Å². The highest BCUT2D eigenvalue weighted by atomic mass is 35.5. The Morgan fingerprint density at radius 2 is 1.68 bits per heavy atom. The van der Waals surface area contributed by atoms with Gasteiger partial charge in [0.15, 0.2) is 0 Å². The minimum absolute atomic E-state index is 0.00777. The quantitative estimate of drug-likeness (QED) is 0.641. The molecule has 2 aromatic rings. The zero-order valence-corrected chi connectivity index (χ0v) is 17.7. The minimum atomic E-state index is -4.02. The van der Waals surface area contributed by atoms with E-state index >= 15 is 0 Å². The number of carbonyl (C=O) groups excluding carboxylic acids is 1. The van der Waals surface area contributed by atoms with Crippen molar-refractivity contribution in [3.8, 4) is 0 Å². The molecule has 2 aromatic carbocycles. The molecule has 0 atom stereocenters. The lowest BCUT2D eigenvalue weighted by Gasteiger charge is -2.18. The number of nitrogens with two attached hydrogens (primary N) is 1. The van der Waals surface area contributed by atoms with Crippen molar-refractivity contribution in [1.29, 1.82) is 0 Å². The second kappa shape index (κ2) is 8.76. The van der Waals surface area contributed by atoms with Crippen LogP contribution in [0.5, 0.6) is 0 Å². The highest BCUT2D eigenvalue weighted by molar-refractivity contribution is 7.89. The van der Waals surface area contributed by atoms with Crippen LogP contribution < -0.4 is 10.5 Å². The van der Waals surface area contributed by atoms with E-state index in [1.54, 1.807) is 0 Å². The molecule has 0 spiro atoms. The monoisotopic (exact) mass is 465 g/mol. The lowest BCUT2D eigenvalue weighted by molar-refractivity contribution is -0.121. The number of benzene rings is 2. The molecule has 8 nitrogen and oxygen atoms in total. The normalized spacial score (nSPS) is 12.2. The molecular formula is C16H17Cl2N3O5S2. The van der Waals surface area contributed by atoms with E-state index in [1.165, 1.54) is 49.5 Å². The fraction of sp³-hybridized carbons (Fsp3) is 0.188. The van der Waals surface area contributed by atoms with Crippen LogP contribution in [0.25, 0.3) is 0 Å². The highest BCUT2D eigenvalue weighted by Crippen LogP contribution is 2.27. The van der Waals surface area contributed by atoms with Crippen molar-refractivity contribution in [2.45, 2.75) is 16.3 Å². The summed E-state index contributed by atoms with van der Waals surface area (Å²) in [4.78, 5) is 11.8. The maximum Gasteiger partial charge on any atom is 0.244 e. The molecule has 0 heterocycles. The first-order valence-corrected chi connectivity index (χ1v) is 11.5. The molecule has 0 bridgehead atoms. The van der Waals surface area contributed by atoms with Crippen molar-refractivity contribution < 1.29 is 21.6 Å². The van der Waals surface area contributed by atoms with Crippen LogP contribution in [0, 0.1) is 0 Å². The molecule has 3 N–H and O–H groups in total. The van der Waals surface area contributed by atoms with E-state index < -0.39 is 32.5 Å². The van der Waals surface area contributed by atoms with Crippen molar-refractivity contribution >= 4 is 49.2 Å². The largest absolute Gasteiger partial charge is 0.351 e. The van der Waals surface area contributed by atoms with Crippen molar-refractivity contribution in [2.24, 2.45) is 5.14 Å². The Kier molecular flexibility index (Phi) is 7.07. The maximum atomic E-state index is 12.6. The molecule has 0 saturated carbocycles. The van der Waals surface area contributed by atoms with Gasteiger partial charge in [-0.2, -0.15) is 4.31 Å². The topological polar surface area (TPSA) is 127 Å². The van der Waals surface area contributed by atoms with Gasteiger partial charge in [0.2, 0.25) is 26.0 Å². The predicted molar refractivity (Wildman–Crippen MR) is 106 cm³/mol. The van der Waals surface area contributed by atoms with Crippen molar-refractivity contribution in [2.75, 3.05) is 13.6 Å². The van der Waals surface area contributed by atoms with Gasteiger partial charge in [-0.3, -0.25) is 4.79 Å². The van der Waals surface area contributed by atoms with Crippen molar-refractivity contribution in [3.63, 3.8) is 0 Å². The van der Waals surface area contributed by atoms with Crippen LogP contribution in [-0.2, 0) is 31.4 Å². The van der Waals surface area contributed by atoms with Gasteiger partial charge in [-0.05, 0) is 35.9 Å². The first-order chi connectivity index (χ1) is 12.9. The summed E-state index contributed by atoms with van der Waals surface area (Å²) in [5.41, 5.74) is 0.615. The van der Waals surface area contributed by atoms with Gasteiger partial charge in [-0.15, -0.1) is 0 Å². The first kappa shape index (κ1) is 22.6. The summed E-state index contributed by atoms with van der Waals surface area (Å²) in [5.74, 6) is -0.556. The molecule has 1 amide bonds. The molecule has 28 heavy (non-hydrogen) atoms. The summed E-state index contributed by atoms with van der Waals surface area (Å²) in [5, 5.41) is 7.76. The fourth-order valence-corrected chi connectivity index (χ4v) is 4.56. The van der Waals surface area contributed by atoms with E-state index in [2.05, 4.69) is 5.32 Å². The number of hydrogen-bond donors (Lipinski definition) is 2. The Morgan fingerprint density at radius 1 is 1.07 bits per heavy atom. The zero-order valence-electron chi connectivity index (χ0n) is 14.6. The highest BCUT2D eigenvalue weighted by Gasteiger charge is 2.25. The number of primary sulfonamides is 1. The standard InChI is InChI=1S/C16H17Cl2N3O5S2/c1-21(28(25,26)15-8-12(17)4-7-14(15)18)10-16(22)20-9-11-2-5-13(6-3-11)27(19,23)24/h2-8H,9-10H2,1H3,(H,20,22)(H2,19,23,24). The number of amides is 1. The third-order valence-corrected chi connectivity index (χ3v) is 7.14. The van der Waals surface area contributed by atoms with Crippen LogP contribution >= 0.6 is 23.2 Å². The van der Waals surface area contributed by atoms with Crippen molar-refractivity contribution in [3.05, 3.63) is 58.1 Å². The molecule has 0 aliphatic carbocycles. The summed E-state index contributed by atoms with van der Waals surface area (Å²) < 4.78 is 48.4. The van der Waals surface area contributed by atoms with Crippen LogP contribution in [0.2, 0.25) is 10.0 Å². The number of nitrogens with zero attached hydrogens (tertiary/aromatic N) is 1. The number of rotatable bonds is 7. The molecule has 0 aromatic heterocycles. The van der Waals surface area contributed by atoms with E-state index in [0.29, 0.717) is 5.56 Å². The molecule has 0 aliphatic heterocycles. The first-order valence-electron chi connectivity index (χ1n) is 7.71. The third-order valence-electron chi connectivity index (χ3n) is 3.69. The van der Waals surface area contributed by atoms with Gasteiger partial charge in [-0.25, -0.2) is 22.0 Å². The molecule has 0 saturated heterocycles. The summed E-state index contributed by atoms with van der Waals surface area (Å²) in [6, 6.07) is 9.63. The Bertz CT molecular complexity index is 1090. The average molecular weight is 466 g/mol. The number of hydrogen-bond acceptors (Lipinski definition) is 5. The smallest absolute Gasteiger partial charge is 0.244 e. The SMILES string of the molecule is CN(CC(=O)NCc1ccc(S(N)(=O)=O)cc1)S(=O)(=O)c1cc(Cl)ccc1Cl. The number of nitrogens with one attached hydrogen (secondary N) is 1. The Hall–Kier alpha value is -1.69. The molecular weight excluding hydrogens is 449 g/mol. The van der Waals surface area contributed by atoms with Gasteiger partial charge in [0, 0.05) is 18.6 Å². The van der Waals surface area contributed by atoms with E-state index in [1.807, 2.05) is 0 Å². The predicted octanol–water partition coefficient (Wildman–Crippen LogP) is 1.58. The molecule has 0 unspecified atom stereocenters. The zero-order chi connectivity index (χ0) is 21.1. The van der Waals surface area contributed by atoms with E-state index in [-0.39, 0.29) is 26.4 Å². The van der Waals surface area contributed by atoms with Crippen LogP contribution in [0.4, 0.5) is 0 Å². The van der Waals surface area contributed by atoms with Crippen LogP contribution in [0.1, 0.15) is 5.56 Å². The lowest BCUT2D eigenvalue weighted by Crippen LogP contribution is -2.38. The Balaban J connectivity index is 2.01. The summed E-state index contributed by atoms with van der Waals surface area (Å²) in [7, 11) is -6.57. The van der Waals surface area contributed by atoms with Crippen LogP contribution in [0.15, 0.2) is 52.3 Å². The van der Waals surface area contributed by atoms with Crippen LogP contribution in [0.3, 0.4) is 0 Å². The second-order valence-corrected chi connectivity index (χ2v) is 10.2.